The summed E-state index contributed by atoms with van der Waals surface area (Å²) in [5, 5.41) is 0. The van der Waals surface area contributed by atoms with Crippen LogP contribution < -0.4 is 0 Å². The summed E-state index contributed by atoms with van der Waals surface area (Å²) in [6.07, 6.45) is 6.20. The molecule has 0 N–H and O–H groups in total. The zero-order valence-corrected chi connectivity index (χ0v) is 10.4. The van der Waals surface area contributed by atoms with Crippen LogP contribution in [0.2, 0.25) is 0 Å². The van der Waals surface area contributed by atoms with Crippen molar-refractivity contribution in [3.63, 3.8) is 0 Å². The van der Waals surface area contributed by atoms with E-state index in [2.05, 4.69) is 0 Å². The Morgan fingerprint density at radius 3 is 2.56 bits per heavy atom. The van der Waals surface area contributed by atoms with Gasteiger partial charge in [-0.15, -0.1) is 0 Å². The van der Waals surface area contributed by atoms with Gasteiger partial charge < -0.3 is 4.74 Å². The topological polar surface area (TPSA) is 26.3 Å². The molecule has 1 aliphatic carbocycles. The minimum atomic E-state index is -1.07. The Kier molecular flexibility index (Phi) is 5.23. The Balaban J connectivity index is 1.85. The maximum Gasteiger partial charge on any atom is 0.306 e. The van der Waals surface area contributed by atoms with Gasteiger partial charge in [0.25, 0.3) is 0 Å². The second kappa shape index (κ2) is 6.21. The van der Waals surface area contributed by atoms with Crippen LogP contribution in [0.1, 0.15) is 58.8 Å². The molecule has 0 atom stereocenters. The molecule has 0 radical (unpaired) electrons. The van der Waals surface area contributed by atoms with E-state index in [0.29, 0.717) is 25.4 Å². The van der Waals surface area contributed by atoms with Crippen molar-refractivity contribution in [2.45, 2.75) is 64.5 Å². The van der Waals surface area contributed by atoms with Crippen LogP contribution in [-0.4, -0.2) is 18.2 Å². The summed E-state index contributed by atoms with van der Waals surface area (Å²) in [6.45, 7) is 3.70. The molecule has 2 nitrogen and oxygen atoms in total. The first kappa shape index (κ1) is 13.5. The third kappa shape index (κ3) is 7.66. The number of hydrogen-bond acceptors (Lipinski definition) is 2. The lowest BCUT2D eigenvalue weighted by Gasteiger charge is -2.13. The Labute approximate surface area is 97.6 Å². The molecule has 0 aromatic carbocycles. The zero-order chi connectivity index (χ0) is 12.0. The highest BCUT2D eigenvalue weighted by Gasteiger charge is 2.24. The third-order valence-corrected chi connectivity index (χ3v) is 2.83. The third-order valence-electron chi connectivity index (χ3n) is 2.83. The van der Waals surface area contributed by atoms with Crippen molar-refractivity contribution in [2.24, 2.45) is 5.92 Å². The van der Waals surface area contributed by atoms with E-state index >= 15 is 0 Å². The average Bonchev–Trinajstić information content (AvgIpc) is 2.93. The fraction of sp³-hybridized carbons (Fsp3) is 0.923. The largest absolute Gasteiger partial charge is 0.466 e. The van der Waals surface area contributed by atoms with Gasteiger partial charge in [-0.1, -0.05) is 6.42 Å². The fourth-order valence-electron chi connectivity index (χ4n) is 1.63. The summed E-state index contributed by atoms with van der Waals surface area (Å²) >= 11 is 0. The number of hydrogen-bond donors (Lipinski definition) is 0. The van der Waals surface area contributed by atoms with Crippen LogP contribution >= 0.6 is 0 Å². The van der Waals surface area contributed by atoms with Crippen LogP contribution in [-0.2, 0) is 9.53 Å². The van der Waals surface area contributed by atoms with Crippen LogP contribution in [0.3, 0.4) is 0 Å². The van der Waals surface area contributed by atoms with E-state index in [4.69, 9.17) is 4.74 Å². The van der Waals surface area contributed by atoms with E-state index in [-0.39, 0.29) is 5.97 Å². The molecule has 0 bridgehead atoms. The second-order valence-corrected chi connectivity index (χ2v) is 5.40. The maximum absolute atomic E-state index is 13.1. The van der Waals surface area contributed by atoms with Crippen LogP contribution in [0.15, 0.2) is 0 Å². The number of ether oxygens (including phenoxy) is 1. The smallest absolute Gasteiger partial charge is 0.306 e. The van der Waals surface area contributed by atoms with E-state index in [1.165, 1.54) is 12.8 Å². The van der Waals surface area contributed by atoms with Gasteiger partial charge in [0.15, 0.2) is 0 Å². The predicted octanol–water partition coefficient (Wildman–Crippen LogP) is 3.64. The molecule has 0 aliphatic heterocycles. The molecule has 0 saturated heterocycles. The number of carbonyl (C=O) groups is 1. The Bertz CT molecular complexity index is 216. The van der Waals surface area contributed by atoms with Crippen molar-refractivity contribution >= 4 is 5.97 Å². The predicted molar refractivity (Wildman–Crippen MR) is 62.0 cm³/mol. The molecule has 3 heteroatoms. The summed E-state index contributed by atoms with van der Waals surface area (Å²) in [6, 6.07) is 0. The molecule has 1 aliphatic rings. The first-order valence-corrected chi connectivity index (χ1v) is 6.32. The van der Waals surface area contributed by atoms with Crippen molar-refractivity contribution in [3.05, 3.63) is 0 Å². The summed E-state index contributed by atoms with van der Waals surface area (Å²) < 4.78 is 18.2. The quantitative estimate of drug-likeness (QED) is 0.470. The number of halogens is 1. The molecule has 1 rings (SSSR count). The molecule has 0 heterocycles. The lowest BCUT2D eigenvalue weighted by Crippen LogP contribution is -2.11. The highest BCUT2D eigenvalue weighted by Crippen LogP contribution is 2.32. The van der Waals surface area contributed by atoms with E-state index in [1.807, 2.05) is 0 Å². The van der Waals surface area contributed by atoms with Crippen molar-refractivity contribution in [1.29, 1.82) is 0 Å². The monoisotopic (exact) mass is 230 g/mol. The summed E-state index contributed by atoms with van der Waals surface area (Å²) in [7, 11) is 0. The van der Waals surface area contributed by atoms with Crippen molar-refractivity contribution in [3.8, 4) is 0 Å². The normalized spacial score (nSPS) is 16.2. The second-order valence-electron chi connectivity index (χ2n) is 5.40. The Morgan fingerprint density at radius 1 is 1.31 bits per heavy atom. The standard InChI is InChI=1S/C13H23FO2/c1-13(2,14)8-4-3-5-9-16-12(15)10-11-6-7-11/h11H,3-10H2,1-2H3. The summed E-state index contributed by atoms with van der Waals surface area (Å²) in [4.78, 5) is 11.2. The molecule has 16 heavy (non-hydrogen) atoms. The van der Waals surface area contributed by atoms with Gasteiger partial charge in [-0.3, -0.25) is 4.79 Å². The van der Waals surface area contributed by atoms with Crippen LogP contribution in [0.25, 0.3) is 0 Å². The molecule has 0 aromatic rings. The van der Waals surface area contributed by atoms with Gasteiger partial charge in [-0.25, -0.2) is 4.39 Å². The van der Waals surface area contributed by atoms with Crippen LogP contribution in [0.4, 0.5) is 4.39 Å². The molecule has 0 amide bonds. The van der Waals surface area contributed by atoms with Gasteiger partial charge in [0.2, 0.25) is 0 Å². The minimum Gasteiger partial charge on any atom is -0.466 e. The average molecular weight is 230 g/mol. The SMILES string of the molecule is CC(C)(F)CCCCCOC(=O)CC1CC1. The van der Waals surface area contributed by atoms with Gasteiger partial charge >= 0.3 is 5.97 Å². The fourth-order valence-corrected chi connectivity index (χ4v) is 1.63. The first-order valence-electron chi connectivity index (χ1n) is 6.32. The number of carbonyl (C=O) groups excluding carboxylic acids is 1. The van der Waals surface area contributed by atoms with Crippen molar-refractivity contribution in [1.82, 2.24) is 0 Å². The summed E-state index contributed by atoms with van der Waals surface area (Å²) in [5.74, 6) is 0.535. The van der Waals surface area contributed by atoms with Crippen molar-refractivity contribution in [2.75, 3.05) is 6.61 Å². The summed E-state index contributed by atoms with van der Waals surface area (Å²) in [5.41, 5.74) is -1.07. The van der Waals surface area contributed by atoms with Gasteiger partial charge in [0.05, 0.1) is 6.61 Å². The molecule has 94 valence electrons. The minimum absolute atomic E-state index is 0.0617. The molecule has 1 fully saturated rings. The van der Waals surface area contributed by atoms with Crippen molar-refractivity contribution < 1.29 is 13.9 Å². The lowest BCUT2D eigenvalue weighted by atomic mass is 10.0. The lowest BCUT2D eigenvalue weighted by molar-refractivity contribution is -0.144. The Hall–Kier alpha value is -0.600. The molecule has 0 unspecified atom stereocenters. The zero-order valence-electron chi connectivity index (χ0n) is 10.4. The number of rotatable bonds is 8. The van der Waals surface area contributed by atoms with Gasteiger partial charge in [-0.05, 0) is 51.9 Å². The number of alkyl halides is 1. The molecular formula is C13H23FO2. The molecule has 0 spiro atoms. The Morgan fingerprint density at radius 2 is 2.00 bits per heavy atom. The van der Waals surface area contributed by atoms with Crippen LogP contribution in [0.5, 0.6) is 0 Å². The number of unbranched alkanes of at least 4 members (excludes halogenated alkanes) is 2. The molecular weight excluding hydrogens is 207 g/mol. The molecule has 1 saturated carbocycles. The number of esters is 1. The highest BCUT2D eigenvalue weighted by atomic mass is 19.1. The van der Waals surface area contributed by atoms with Gasteiger partial charge in [0.1, 0.15) is 5.67 Å². The van der Waals surface area contributed by atoms with E-state index in [0.717, 1.165) is 19.3 Å². The first-order chi connectivity index (χ1) is 7.47. The van der Waals surface area contributed by atoms with E-state index in [9.17, 15) is 9.18 Å². The molecule has 0 aromatic heterocycles. The van der Waals surface area contributed by atoms with Crippen LogP contribution in [0, 0.1) is 5.92 Å². The van der Waals surface area contributed by atoms with Gasteiger partial charge in [-0.2, -0.15) is 0 Å². The van der Waals surface area contributed by atoms with E-state index in [1.54, 1.807) is 13.8 Å². The maximum atomic E-state index is 13.1. The van der Waals surface area contributed by atoms with Gasteiger partial charge in [0, 0.05) is 6.42 Å². The van der Waals surface area contributed by atoms with E-state index < -0.39 is 5.67 Å². The highest BCUT2D eigenvalue weighted by molar-refractivity contribution is 5.69.